The summed E-state index contributed by atoms with van der Waals surface area (Å²) in [5, 5.41) is 14.2. The molecule has 3 heterocycles. The fourth-order valence-corrected chi connectivity index (χ4v) is 3.01. The van der Waals surface area contributed by atoms with Crippen molar-refractivity contribution in [3.05, 3.63) is 69.0 Å². The SMILES string of the molecule is Cn1cnc2ncn(Cc3nc(CC(O)c4ccc(Br)cc4)no3)c(=O)c21. The van der Waals surface area contributed by atoms with E-state index in [4.69, 9.17) is 4.52 Å². The Balaban J connectivity index is 1.51. The Hall–Kier alpha value is -2.85. The Morgan fingerprint density at radius 3 is 2.74 bits per heavy atom. The maximum atomic E-state index is 12.5. The molecule has 0 saturated heterocycles. The molecule has 138 valence electrons. The molecule has 1 aromatic carbocycles. The molecule has 3 aromatic heterocycles. The average Bonchev–Trinajstić information content (AvgIpc) is 3.25. The van der Waals surface area contributed by atoms with Gasteiger partial charge < -0.3 is 14.2 Å². The summed E-state index contributed by atoms with van der Waals surface area (Å²) in [7, 11) is 1.73. The van der Waals surface area contributed by atoms with E-state index in [0.717, 1.165) is 10.0 Å². The van der Waals surface area contributed by atoms with Crippen LogP contribution in [0.1, 0.15) is 23.4 Å². The number of imidazole rings is 1. The number of aryl methyl sites for hydroxylation is 1. The fraction of sp³-hybridized carbons (Fsp3) is 0.235. The Morgan fingerprint density at radius 2 is 1.96 bits per heavy atom. The van der Waals surface area contributed by atoms with E-state index >= 15 is 0 Å². The number of halogens is 1. The molecule has 0 bridgehead atoms. The molecule has 0 spiro atoms. The van der Waals surface area contributed by atoms with E-state index in [2.05, 4.69) is 36.0 Å². The Labute approximate surface area is 161 Å². The number of aromatic nitrogens is 6. The van der Waals surface area contributed by atoms with Crippen LogP contribution in [-0.2, 0) is 20.0 Å². The molecular formula is C17H15BrN6O3. The zero-order valence-corrected chi connectivity index (χ0v) is 15.9. The van der Waals surface area contributed by atoms with Crippen molar-refractivity contribution in [2.45, 2.75) is 19.1 Å². The van der Waals surface area contributed by atoms with Crippen LogP contribution in [0.15, 0.2) is 50.7 Å². The van der Waals surface area contributed by atoms with Crippen LogP contribution in [-0.4, -0.2) is 34.3 Å². The van der Waals surface area contributed by atoms with E-state index in [1.807, 2.05) is 24.3 Å². The highest BCUT2D eigenvalue weighted by Gasteiger charge is 2.15. The Kier molecular flexibility index (Phi) is 4.58. The summed E-state index contributed by atoms with van der Waals surface area (Å²) in [6.45, 7) is 0.0916. The number of fused-ring (bicyclic) bond motifs is 1. The molecule has 1 N–H and O–H groups in total. The molecule has 1 unspecified atom stereocenters. The monoisotopic (exact) mass is 430 g/mol. The first-order valence-electron chi connectivity index (χ1n) is 8.12. The quantitative estimate of drug-likeness (QED) is 0.511. The molecular weight excluding hydrogens is 416 g/mol. The van der Waals surface area contributed by atoms with Crippen molar-refractivity contribution in [2.75, 3.05) is 0 Å². The molecule has 0 aliphatic heterocycles. The van der Waals surface area contributed by atoms with Crippen molar-refractivity contribution in [1.82, 2.24) is 29.2 Å². The van der Waals surface area contributed by atoms with Crippen molar-refractivity contribution in [1.29, 1.82) is 0 Å². The lowest BCUT2D eigenvalue weighted by atomic mass is 10.1. The van der Waals surface area contributed by atoms with Crippen molar-refractivity contribution in [3.8, 4) is 0 Å². The molecule has 4 rings (SSSR count). The van der Waals surface area contributed by atoms with Gasteiger partial charge in [0.15, 0.2) is 17.0 Å². The van der Waals surface area contributed by atoms with Gasteiger partial charge in [0.2, 0.25) is 5.89 Å². The highest BCUT2D eigenvalue weighted by Crippen LogP contribution is 2.19. The first kappa shape index (κ1) is 17.6. The lowest BCUT2D eigenvalue weighted by molar-refractivity contribution is 0.174. The largest absolute Gasteiger partial charge is 0.388 e. The van der Waals surface area contributed by atoms with Gasteiger partial charge in [0.05, 0.1) is 12.4 Å². The molecule has 0 aliphatic rings. The third kappa shape index (κ3) is 3.53. The van der Waals surface area contributed by atoms with Gasteiger partial charge in [-0.15, -0.1) is 0 Å². The molecule has 1 atom stereocenters. The number of aliphatic hydroxyl groups excluding tert-OH is 1. The highest BCUT2D eigenvalue weighted by atomic mass is 79.9. The first-order valence-corrected chi connectivity index (χ1v) is 8.92. The van der Waals surface area contributed by atoms with Crippen LogP contribution in [0.2, 0.25) is 0 Å². The van der Waals surface area contributed by atoms with Crippen LogP contribution in [0.5, 0.6) is 0 Å². The van der Waals surface area contributed by atoms with Crippen LogP contribution in [0.3, 0.4) is 0 Å². The molecule has 10 heteroatoms. The van der Waals surface area contributed by atoms with Crippen molar-refractivity contribution >= 4 is 27.1 Å². The van der Waals surface area contributed by atoms with Gasteiger partial charge in [0.25, 0.3) is 5.56 Å². The smallest absolute Gasteiger partial charge is 0.280 e. The van der Waals surface area contributed by atoms with Gasteiger partial charge in [-0.25, -0.2) is 9.97 Å². The lowest BCUT2D eigenvalue weighted by Crippen LogP contribution is -2.22. The maximum Gasteiger partial charge on any atom is 0.280 e. The van der Waals surface area contributed by atoms with Gasteiger partial charge in [0.1, 0.15) is 12.9 Å². The summed E-state index contributed by atoms with van der Waals surface area (Å²) in [4.78, 5) is 25.0. The van der Waals surface area contributed by atoms with Gasteiger partial charge in [0, 0.05) is 17.9 Å². The third-order valence-corrected chi connectivity index (χ3v) is 4.68. The normalized spacial score (nSPS) is 12.6. The molecule has 0 saturated carbocycles. The summed E-state index contributed by atoms with van der Waals surface area (Å²) < 4.78 is 9.15. The van der Waals surface area contributed by atoms with E-state index < -0.39 is 6.10 Å². The molecule has 0 aliphatic carbocycles. The fourth-order valence-electron chi connectivity index (χ4n) is 2.74. The second-order valence-corrected chi connectivity index (χ2v) is 7.00. The summed E-state index contributed by atoms with van der Waals surface area (Å²) in [5.41, 5.74) is 1.31. The number of hydrogen-bond donors (Lipinski definition) is 1. The minimum absolute atomic E-state index is 0.0916. The van der Waals surface area contributed by atoms with E-state index in [-0.39, 0.29) is 24.4 Å². The Bertz CT molecular complexity index is 1150. The predicted molar refractivity (Wildman–Crippen MR) is 99.0 cm³/mol. The number of aliphatic hydroxyl groups is 1. The standard InChI is InChI=1S/C17H15BrN6O3/c1-23-8-19-16-15(23)17(26)24(9-20-16)7-14-21-13(22-27-14)6-12(25)10-2-4-11(18)5-3-10/h2-5,8-9,12,25H,6-7H2,1H3. The molecule has 27 heavy (non-hydrogen) atoms. The molecule has 0 fully saturated rings. The molecule has 9 nitrogen and oxygen atoms in total. The van der Waals surface area contributed by atoms with Crippen molar-refractivity contribution < 1.29 is 9.63 Å². The first-order chi connectivity index (χ1) is 13.0. The van der Waals surface area contributed by atoms with E-state index in [9.17, 15) is 9.90 Å². The minimum atomic E-state index is -0.751. The second-order valence-electron chi connectivity index (χ2n) is 6.08. The maximum absolute atomic E-state index is 12.5. The topological polar surface area (TPSA) is 112 Å². The molecule has 0 amide bonds. The van der Waals surface area contributed by atoms with Crippen LogP contribution in [0.4, 0.5) is 0 Å². The molecule has 0 radical (unpaired) electrons. The zero-order valence-electron chi connectivity index (χ0n) is 14.3. The van der Waals surface area contributed by atoms with Crippen LogP contribution >= 0.6 is 15.9 Å². The summed E-state index contributed by atoms with van der Waals surface area (Å²) in [5.74, 6) is 0.626. The summed E-state index contributed by atoms with van der Waals surface area (Å²) in [6.07, 6.45) is 2.40. The van der Waals surface area contributed by atoms with E-state index in [1.54, 1.807) is 11.6 Å². The second kappa shape index (κ2) is 7.05. The van der Waals surface area contributed by atoms with Gasteiger partial charge in [-0.3, -0.25) is 9.36 Å². The number of rotatable bonds is 5. The third-order valence-electron chi connectivity index (χ3n) is 4.15. The number of hydrogen-bond acceptors (Lipinski definition) is 7. The van der Waals surface area contributed by atoms with Crippen LogP contribution < -0.4 is 5.56 Å². The number of nitrogens with zero attached hydrogens (tertiary/aromatic N) is 6. The lowest BCUT2D eigenvalue weighted by Gasteiger charge is -2.08. The van der Waals surface area contributed by atoms with Crippen LogP contribution in [0, 0.1) is 0 Å². The predicted octanol–water partition coefficient (Wildman–Crippen LogP) is 1.60. The van der Waals surface area contributed by atoms with Gasteiger partial charge in [-0.05, 0) is 17.7 Å². The highest BCUT2D eigenvalue weighted by molar-refractivity contribution is 9.10. The summed E-state index contributed by atoms with van der Waals surface area (Å²) >= 11 is 3.36. The van der Waals surface area contributed by atoms with E-state index in [0.29, 0.717) is 17.0 Å². The van der Waals surface area contributed by atoms with Gasteiger partial charge in [-0.1, -0.05) is 33.2 Å². The van der Waals surface area contributed by atoms with Gasteiger partial charge in [-0.2, -0.15) is 4.98 Å². The van der Waals surface area contributed by atoms with E-state index in [1.165, 1.54) is 17.2 Å². The minimum Gasteiger partial charge on any atom is -0.388 e. The van der Waals surface area contributed by atoms with Crippen molar-refractivity contribution in [3.63, 3.8) is 0 Å². The van der Waals surface area contributed by atoms with Crippen molar-refractivity contribution in [2.24, 2.45) is 7.05 Å². The summed E-state index contributed by atoms with van der Waals surface area (Å²) in [6, 6.07) is 7.36. The zero-order chi connectivity index (χ0) is 19.0. The average molecular weight is 431 g/mol. The Morgan fingerprint density at radius 1 is 1.22 bits per heavy atom. The van der Waals surface area contributed by atoms with Crippen LogP contribution in [0.25, 0.3) is 11.2 Å². The molecule has 4 aromatic rings. The number of benzene rings is 1. The van der Waals surface area contributed by atoms with Gasteiger partial charge >= 0.3 is 0 Å².